The number of thiazole rings is 1. The standard InChI is InChI=1S/C14H16N4OS/c19-9-13-15-11-2-3-12(16-14(11)20-13)18-7-4-10(8-18)17-5-1-6-17/h2-3,9-10H,1,4-8H2. The highest BCUT2D eigenvalue weighted by molar-refractivity contribution is 7.19. The monoisotopic (exact) mass is 288 g/mol. The zero-order valence-electron chi connectivity index (χ0n) is 11.2. The van der Waals surface area contributed by atoms with Gasteiger partial charge in [0.05, 0.1) is 0 Å². The van der Waals surface area contributed by atoms with Crippen molar-refractivity contribution in [2.45, 2.75) is 18.9 Å². The van der Waals surface area contributed by atoms with Crippen LogP contribution >= 0.6 is 11.3 Å². The topological polar surface area (TPSA) is 49.3 Å². The van der Waals surface area contributed by atoms with E-state index in [-0.39, 0.29) is 0 Å². The summed E-state index contributed by atoms with van der Waals surface area (Å²) < 4.78 is 0. The molecule has 0 N–H and O–H groups in total. The summed E-state index contributed by atoms with van der Waals surface area (Å²) >= 11 is 1.37. The van der Waals surface area contributed by atoms with Gasteiger partial charge in [0.15, 0.2) is 11.3 Å². The van der Waals surface area contributed by atoms with Crippen LogP contribution < -0.4 is 4.90 Å². The predicted octanol–water partition coefficient (Wildman–Crippen LogP) is 1.79. The van der Waals surface area contributed by atoms with E-state index in [1.807, 2.05) is 12.1 Å². The second kappa shape index (κ2) is 4.79. The first-order chi connectivity index (χ1) is 9.83. The minimum absolute atomic E-state index is 0.504. The van der Waals surface area contributed by atoms with Gasteiger partial charge in [0.25, 0.3) is 0 Å². The molecule has 2 aromatic heterocycles. The molecule has 0 radical (unpaired) electrons. The number of aldehydes is 1. The van der Waals surface area contributed by atoms with Gasteiger partial charge < -0.3 is 4.90 Å². The molecule has 2 aromatic rings. The number of anilines is 1. The van der Waals surface area contributed by atoms with E-state index < -0.39 is 0 Å². The highest BCUT2D eigenvalue weighted by Crippen LogP contribution is 2.27. The maximum Gasteiger partial charge on any atom is 0.178 e. The van der Waals surface area contributed by atoms with Crippen LogP contribution in [-0.2, 0) is 0 Å². The van der Waals surface area contributed by atoms with Crippen LogP contribution in [0.4, 0.5) is 5.82 Å². The van der Waals surface area contributed by atoms with Gasteiger partial charge in [0.2, 0.25) is 0 Å². The van der Waals surface area contributed by atoms with Crippen molar-refractivity contribution in [3.8, 4) is 0 Å². The number of aromatic nitrogens is 2. The molecule has 4 rings (SSSR count). The number of hydrogen-bond donors (Lipinski definition) is 0. The predicted molar refractivity (Wildman–Crippen MR) is 79.6 cm³/mol. The Balaban J connectivity index is 1.57. The van der Waals surface area contributed by atoms with E-state index >= 15 is 0 Å². The molecule has 20 heavy (non-hydrogen) atoms. The van der Waals surface area contributed by atoms with Gasteiger partial charge in [-0.25, -0.2) is 9.97 Å². The van der Waals surface area contributed by atoms with Gasteiger partial charge in [0.1, 0.15) is 16.2 Å². The van der Waals surface area contributed by atoms with Gasteiger partial charge >= 0.3 is 0 Å². The molecule has 0 spiro atoms. The summed E-state index contributed by atoms with van der Waals surface area (Å²) in [6, 6.07) is 4.68. The third kappa shape index (κ3) is 1.99. The Kier molecular flexibility index (Phi) is 2.93. The highest BCUT2D eigenvalue weighted by atomic mass is 32.1. The van der Waals surface area contributed by atoms with Crippen LogP contribution in [0.25, 0.3) is 10.3 Å². The molecule has 5 nitrogen and oxygen atoms in total. The quantitative estimate of drug-likeness (QED) is 0.806. The molecule has 2 aliphatic rings. The Morgan fingerprint density at radius 2 is 2.15 bits per heavy atom. The van der Waals surface area contributed by atoms with Crippen molar-refractivity contribution in [3.05, 3.63) is 17.1 Å². The van der Waals surface area contributed by atoms with Crippen molar-refractivity contribution in [3.63, 3.8) is 0 Å². The lowest BCUT2D eigenvalue weighted by Gasteiger charge is -2.36. The van der Waals surface area contributed by atoms with Crippen molar-refractivity contribution in [1.82, 2.24) is 14.9 Å². The van der Waals surface area contributed by atoms with Crippen molar-refractivity contribution in [2.75, 3.05) is 31.1 Å². The highest BCUT2D eigenvalue weighted by Gasteiger charge is 2.31. The van der Waals surface area contributed by atoms with Crippen LogP contribution in [0.15, 0.2) is 12.1 Å². The number of hydrogen-bond acceptors (Lipinski definition) is 6. The summed E-state index contributed by atoms with van der Waals surface area (Å²) in [5.41, 5.74) is 0.819. The largest absolute Gasteiger partial charge is 0.355 e. The summed E-state index contributed by atoms with van der Waals surface area (Å²) in [5.74, 6) is 1.02. The number of likely N-dealkylation sites (tertiary alicyclic amines) is 1. The van der Waals surface area contributed by atoms with E-state index in [1.165, 1.54) is 37.3 Å². The van der Waals surface area contributed by atoms with Crippen LogP contribution in [0.1, 0.15) is 22.6 Å². The second-order valence-corrected chi connectivity index (χ2v) is 6.45. The van der Waals surface area contributed by atoms with Gasteiger partial charge in [0, 0.05) is 19.1 Å². The fraction of sp³-hybridized carbons (Fsp3) is 0.500. The Bertz CT molecular complexity index is 652. The fourth-order valence-corrected chi connectivity index (χ4v) is 3.75. The van der Waals surface area contributed by atoms with E-state index in [0.717, 1.165) is 35.5 Å². The zero-order chi connectivity index (χ0) is 13.5. The third-order valence-electron chi connectivity index (χ3n) is 4.25. The van der Waals surface area contributed by atoms with Gasteiger partial charge in [-0.2, -0.15) is 0 Å². The van der Waals surface area contributed by atoms with Crippen LogP contribution in [0.5, 0.6) is 0 Å². The first-order valence-electron chi connectivity index (χ1n) is 7.05. The summed E-state index contributed by atoms with van der Waals surface area (Å²) in [6.45, 7) is 4.64. The van der Waals surface area contributed by atoms with Crippen molar-refractivity contribution in [1.29, 1.82) is 0 Å². The zero-order valence-corrected chi connectivity index (χ0v) is 12.0. The normalized spacial score (nSPS) is 23.2. The Labute approximate surface area is 121 Å². The van der Waals surface area contributed by atoms with E-state index in [4.69, 9.17) is 0 Å². The summed E-state index contributed by atoms with van der Waals surface area (Å²) in [4.78, 5) is 25.4. The van der Waals surface area contributed by atoms with E-state index in [1.54, 1.807) is 0 Å². The van der Waals surface area contributed by atoms with E-state index in [2.05, 4.69) is 19.8 Å². The Morgan fingerprint density at radius 1 is 1.25 bits per heavy atom. The lowest BCUT2D eigenvalue weighted by molar-refractivity contribution is 0.112. The SMILES string of the molecule is O=Cc1nc2ccc(N3CCC(N4CCC4)C3)nc2s1. The maximum absolute atomic E-state index is 10.8. The Hall–Kier alpha value is -1.53. The molecule has 6 heteroatoms. The fourth-order valence-electron chi connectivity index (χ4n) is 3.00. The molecular weight excluding hydrogens is 272 g/mol. The molecule has 4 heterocycles. The van der Waals surface area contributed by atoms with Crippen molar-refractivity contribution < 1.29 is 4.79 Å². The molecule has 0 aliphatic carbocycles. The van der Waals surface area contributed by atoms with Crippen LogP contribution in [0, 0.1) is 0 Å². The van der Waals surface area contributed by atoms with Crippen LogP contribution in [0.2, 0.25) is 0 Å². The molecule has 2 fully saturated rings. The smallest absolute Gasteiger partial charge is 0.178 e. The maximum atomic E-state index is 10.8. The van der Waals surface area contributed by atoms with Gasteiger partial charge in [-0.1, -0.05) is 11.3 Å². The summed E-state index contributed by atoms with van der Waals surface area (Å²) in [6.07, 6.45) is 3.36. The molecule has 1 atom stereocenters. The van der Waals surface area contributed by atoms with Gasteiger partial charge in [-0.3, -0.25) is 9.69 Å². The number of carbonyl (C=O) groups excluding carboxylic acids is 1. The first-order valence-corrected chi connectivity index (χ1v) is 7.87. The molecule has 0 aromatic carbocycles. The molecule has 0 amide bonds. The lowest BCUT2D eigenvalue weighted by atomic mass is 10.1. The minimum atomic E-state index is 0.504. The van der Waals surface area contributed by atoms with Gasteiger partial charge in [-0.05, 0) is 38.1 Å². The average Bonchev–Trinajstić information content (AvgIpc) is 3.01. The number of carbonyl (C=O) groups is 1. The lowest BCUT2D eigenvalue weighted by Crippen LogP contribution is -2.46. The van der Waals surface area contributed by atoms with E-state index in [0.29, 0.717) is 11.0 Å². The molecule has 0 saturated carbocycles. The number of pyridine rings is 1. The molecular formula is C14H16N4OS. The number of nitrogens with zero attached hydrogens (tertiary/aromatic N) is 4. The van der Waals surface area contributed by atoms with Crippen molar-refractivity contribution in [2.24, 2.45) is 0 Å². The second-order valence-electron chi connectivity index (χ2n) is 5.44. The Morgan fingerprint density at radius 3 is 2.90 bits per heavy atom. The number of fused-ring (bicyclic) bond motifs is 1. The van der Waals surface area contributed by atoms with Crippen LogP contribution in [0.3, 0.4) is 0 Å². The van der Waals surface area contributed by atoms with Gasteiger partial charge in [-0.15, -0.1) is 0 Å². The summed E-state index contributed by atoms with van der Waals surface area (Å²) in [7, 11) is 0. The average molecular weight is 288 g/mol. The molecule has 0 bridgehead atoms. The number of rotatable bonds is 3. The molecule has 2 aliphatic heterocycles. The third-order valence-corrected chi connectivity index (χ3v) is 5.14. The van der Waals surface area contributed by atoms with Crippen LogP contribution in [-0.4, -0.2) is 53.4 Å². The molecule has 2 saturated heterocycles. The first kappa shape index (κ1) is 12.2. The molecule has 1 unspecified atom stereocenters. The minimum Gasteiger partial charge on any atom is -0.355 e. The summed E-state index contributed by atoms with van der Waals surface area (Å²) in [5, 5.41) is 0.504. The molecule has 104 valence electrons. The van der Waals surface area contributed by atoms with E-state index in [9.17, 15) is 4.79 Å². The van der Waals surface area contributed by atoms with Crippen molar-refractivity contribution >= 4 is 33.8 Å².